The highest BCUT2D eigenvalue weighted by Gasteiger charge is 2.26. The molecule has 3 aromatic rings. The Morgan fingerprint density at radius 3 is 2.43 bits per heavy atom. The lowest BCUT2D eigenvalue weighted by molar-refractivity contribution is 0.234. The minimum atomic E-state index is -4.53. The first kappa shape index (κ1) is 16.4. The van der Waals surface area contributed by atoms with Crippen LogP contribution in [0.2, 0.25) is 0 Å². The van der Waals surface area contributed by atoms with E-state index in [-0.39, 0.29) is 4.90 Å². The van der Waals surface area contributed by atoms with Gasteiger partial charge in [-0.25, -0.2) is 13.4 Å². The lowest BCUT2D eigenvalue weighted by Gasteiger charge is -2.04. The maximum Gasteiger partial charge on any atom is 0.341 e. The van der Waals surface area contributed by atoms with E-state index >= 15 is 0 Å². The van der Waals surface area contributed by atoms with Crippen LogP contribution >= 0.6 is 23.1 Å². The van der Waals surface area contributed by atoms with Crippen molar-refractivity contribution >= 4 is 43.2 Å². The predicted octanol–water partition coefficient (Wildman–Crippen LogP) is 4.58. The lowest BCUT2D eigenvalue weighted by atomic mass is 10.2. The van der Waals surface area contributed by atoms with Crippen LogP contribution in [0, 0.1) is 0 Å². The topological polar surface area (TPSA) is 47.0 Å². The molecule has 2 aromatic carbocycles. The molecule has 0 radical (unpaired) electrons. The quantitative estimate of drug-likeness (QED) is 0.616. The van der Waals surface area contributed by atoms with Crippen LogP contribution < -0.4 is 0 Å². The standard InChI is InChI=1S/C15H11F2NO2S3/c16-14(17)23(19,20)11-7-5-10(6-8-11)9-21-15-18-12-3-1-2-4-13(12)22-15/h1-8,14H,9H2. The number of para-hydroxylation sites is 1. The Hall–Kier alpha value is -1.51. The summed E-state index contributed by atoms with van der Waals surface area (Å²) in [6, 6.07) is 13.4. The summed E-state index contributed by atoms with van der Waals surface area (Å²) in [7, 11) is -4.53. The smallest absolute Gasteiger partial charge is 0.230 e. The van der Waals surface area contributed by atoms with Crippen molar-refractivity contribution in [3.05, 3.63) is 54.1 Å². The number of alkyl halides is 2. The first-order valence-corrected chi connectivity index (χ1v) is 9.91. The van der Waals surface area contributed by atoms with Gasteiger partial charge in [0.1, 0.15) is 0 Å². The van der Waals surface area contributed by atoms with Gasteiger partial charge in [-0.2, -0.15) is 8.78 Å². The van der Waals surface area contributed by atoms with Crippen LogP contribution in [0.4, 0.5) is 8.78 Å². The fourth-order valence-electron chi connectivity index (χ4n) is 1.94. The molecule has 3 nitrogen and oxygen atoms in total. The number of thioether (sulfide) groups is 1. The van der Waals surface area contributed by atoms with Gasteiger partial charge < -0.3 is 0 Å². The number of rotatable bonds is 5. The molecule has 3 rings (SSSR count). The van der Waals surface area contributed by atoms with E-state index < -0.39 is 15.6 Å². The van der Waals surface area contributed by atoms with Crippen LogP contribution in [0.25, 0.3) is 10.2 Å². The van der Waals surface area contributed by atoms with Crippen molar-refractivity contribution in [3.8, 4) is 0 Å². The molecule has 0 saturated carbocycles. The van der Waals surface area contributed by atoms with Crippen LogP contribution in [0.3, 0.4) is 0 Å². The van der Waals surface area contributed by atoms with E-state index in [0.29, 0.717) is 5.75 Å². The Labute approximate surface area is 140 Å². The molecule has 0 aliphatic heterocycles. The summed E-state index contributed by atoms with van der Waals surface area (Å²) in [5.41, 5.74) is 1.79. The molecule has 0 aliphatic rings. The van der Waals surface area contributed by atoms with Crippen molar-refractivity contribution in [3.63, 3.8) is 0 Å². The van der Waals surface area contributed by atoms with Gasteiger partial charge >= 0.3 is 5.76 Å². The Kier molecular flexibility index (Phi) is 4.65. The molecule has 8 heteroatoms. The van der Waals surface area contributed by atoms with Gasteiger partial charge in [0.2, 0.25) is 9.84 Å². The number of sulfone groups is 1. The van der Waals surface area contributed by atoms with Crippen molar-refractivity contribution < 1.29 is 17.2 Å². The van der Waals surface area contributed by atoms with Crippen molar-refractivity contribution in [1.29, 1.82) is 0 Å². The highest BCUT2D eigenvalue weighted by molar-refractivity contribution is 8.00. The van der Waals surface area contributed by atoms with Crippen LogP contribution in [-0.2, 0) is 15.6 Å². The Balaban J connectivity index is 1.71. The van der Waals surface area contributed by atoms with Gasteiger partial charge in [0.05, 0.1) is 15.1 Å². The molecule has 23 heavy (non-hydrogen) atoms. The average Bonchev–Trinajstić information content (AvgIpc) is 2.96. The predicted molar refractivity (Wildman–Crippen MR) is 88.8 cm³/mol. The molecule has 1 heterocycles. The van der Waals surface area contributed by atoms with E-state index in [2.05, 4.69) is 4.98 Å². The third kappa shape index (κ3) is 3.54. The zero-order chi connectivity index (χ0) is 16.4. The average molecular weight is 371 g/mol. The zero-order valence-corrected chi connectivity index (χ0v) is 14.1. The first-order chi connectivity index (χ1) is 11.0. The molecule has 0 unspecified atom stereocenters. The summed E-state index contributed by atoms with van der Waals surface area (Å²) in [5, 5.41) is 0. The van der Waals surface area contributed by atoms with E-state index in [0.717, 1.165) is 20.1 Å². The normalized spacial score (nSPS) is 12.1. The van der Waals surface area contributed by atoms with E-state index in [1.165, 1.54) is 23.9 Å². The molecular formula is C15H11F2NO2S3. The third-order valence-corrected chi connectivity index (χ3v) is 6.77. The van der Waals surface area contributed by atoms with Gasteiger partial charge in [0, 0.05) is 5.75 Å². The largest absolute Gasteiger partial charge is 0.341 e. The molecule has 0 N–H and O–H groups in total. The van der Waals surface area contributed by atoms with Gasteiger partial charge in [-0.3, -0.25) is 0 Å². The fourth-order valence-corrected chi connectivity index (χ4v) is 4.68. The summed E-state index contributed by atoms with van der Waals surface area (Å²) in [6.07, 6.45) is 0. The summed E-state index contributed by atoms with van der Waals surface area (Å²) < 4.78 is 49.7. The Bertz CT molecular complexity index is 888. The van der Waals surface area contributed by atoms with Gasteiger partial charge in [-0.05, 0) is 29.8 Å². The molecule has 1 aromatic heterocycles. The summed E-state index contributed by atoms with van der Waals surface area (Å²) >= 11 is 3.11. The molecule has 0 amide bonds. The second-order valence-corrected chi connectivity index (χ2v) is 8.86. The number of benzene rings is 2. The van der Waals surface area contributed by atoms with Crippen molar-refractivity contribution in [2.75, 3.05) is 0 Å². The second-order valence-electron chi connectivity index (χ2n) is 4.69. The summed E-state index contributed by atoms with van der Waals surface area (Å²) in [6.45, 7) is 0. The number of hydrogen-bond donors (Lipinski definition) is 0. The number of aromatic nitrogens is 1. The molecular weight excluding hydrogens is 360 g/mol. The van der Waals surface area contributed by atoms with Crippen LogP contribution in [-0.4, -0.2) is 19.2 Å². The maximum atomic E-state index is 12.5. The molecule has 0 spiro atoms. The molecule has 0 aliphatic carbocycles. The molecule has 0 fully saturated rings. The highest BCUT2D eigenvalue weighted by Crippen LogP contribution is 2.31. The summed E-state index contributed by atoms with van der Waals surface area (Å²) in [4.78, 5) is 4.13. The van der Waals surface area contributed by atoms with Crippen LogP contribution in [0.5, 0.6) is 0 Å². The number of hydrogen-bond acceptors (Lipinski definition) is 5. The first-order valence-electron chi connectivity index (χ1n) is 6.56. The van der Waals surface area contributed by atoms with Crippen LogP contribution in [0.1, 0.15) is 5.56 Å². The van der Waals surface area contributed by atoms with E-state index in [1.807, 2.05) is 24.3 Å². The molecule has 0 atom stereocenters. The summed E-state index contributed by atoms with van der Waals surface area (Å²) in [5.74, 6) is -2.81. The second kappa shape index (κ2) is 6.54. The van der Waals surface area contributed by atoms with Gasteiger partial charge in [-0.1, -0.05) is 36.0 Å². The fraction of sp³-hybridized carbons (Fsp3) is 0.133. The SMILES string of the molecule is O=S(=O)(c1ccc(CSc2nc3ccccc3s2)cc1)C(F)F. The minimum absolute atomic E-state index is 0.360. The Morgan fingerprint density at radius 2 is 1.78 bits per heavy atom. The van der Waals surface area contributed by atoms with E-state index in [1.54, 1.807) is 23.5 Å². The van der Waals surface area contributed by atoms with Crippen molar-refractivity contribution in [2.24, 2.45) is 0 Å². The van der Waals surface area contributed by atoms with Gasteiger partial charge in [0.25, 0.3) is 0 Å². The monoisotopic (exact) mass is 371 g/mol. The van der Waals surface area contributed by atoms with Gasteiger partial charge in [0.15, 0.2) is 4.34 Å². The van der Waals surface area contributed by atoms with E-state index in [4.69, 9.17) is 0 Å². The lowest BCUT2D eigenvalue weighted by Crippen LogP contribution is -2.11. The zero-order valence-electron chi connectivity index (χ0n) is 11.6. The van der Waals surface area contributed by atoms with Crippen molar-refractivity contribution in [2.45, 2.75) is 20.7 Å². The number of halogens is 2. The molecule has 120 valence electrons. The Morgan fingerprint density at radius 1 is 1.09 bits per heavy atom. The van der Waals surface area contributed by atoms with Crippen LogP contribution in [0.15, 0.2) is 57.8 Å². The number of fused-ring (bicyclic) bond motifs is 1. The molecule has 0 saturated heterocycles. The van der Waals surface area contributed by atoms with Crippen molar-refractivity contribution in [1.82, 2.24) is 4.98 Å². The molecule has 0 bridgehead atoms. The minimum Gasteiger partial charge on any atom is -0.230 e. The van der Waals surface area contributed by atoms with E-state index in [9.17, 15) is 17.2 Å². The van der Waals surface area contributed by atoms with Gasteiger partial charge in [-0.15, -0.1) is 11.3 Å². The number of nitrogens with zero attached hydrogens (tertiary/aromatic N) is 1. The maximum absolute atomic E-state index is 12.5. The third-order valence-electron chi connectivity index (χ3n) is 3.12. The number of thiazole rings is 1. The highest BCUT2D eigenvalue weighted by atomic mass is 32.2.